The van der Waals surface area contributed by atoms with Gasteiger partial charge in [-0.1, -0.05) is 12.1 Å². The lowest BCUT2D eigenvalue weighted by atomic mass is 10.0. The molecule has 1 aliphatic rings. The van der Waals surface area contributed by atoms with Crippen molar-refractivity contribution >= 4 is 15.9 Å². The molecule has 0 amide bonds. The fourth-order valence-corrected chi connectivity index (χ4v) is 2.93. The summed E-state index contributed by atoms with van der Waals surface area (Å²) in [7, 11) is 4.29. The number of aromatic hydroxyl groups is 1. The number of phenolic OH excluding ortho intramolecular Hbond substituents is 1. The number of likely N-dealkylation sites (N-methyl/N-ethyl adjacent to an activating group) is 1. The van der Waals surface area contributed by atoms with Crippen LogP contribution in [-0.2, 0) is 6.54 Å². The van der Waals surface area contributed by atoms with Crippen LogP contribution in [0.4, 0.5) is 0 Å². The van der Waals surface area contributed by atoms with Crippen LogP contribution < -0.4 is 0 Å². The van der Waals surface area contributed by atoms with Crippen molar-refractivity contribution in [3.8, 4) is 5.75 Å². The first-order chi connectivity index (χ1) is 8.58. The minimum atomic E-state index is 0.379. The molecular formula is C14H21BrN2O. The highest BCUT2D eigenvalue weighted by atomic mass is 79.9. The largest absolute Gasteiger partial charge is 0.506 e. The summed E-state index contributed by atoms with van der Waals surface area (Å²) >= 11 is 3.37. The van der Waals surface area contributed by atoms with Gasteiger partial charge in [0.25, 0.3) is 0 Å². The first-order valence-corrected chi connectivity index (χ1v) is 7.22. The van der Waals surface area contributed by atoms with E-state index in [0.717, 1.165) is 29.7 Å². The van der Waals surface area contributed by atoms with Gasteiger partial charge in [-0.05, 0) is 55.5 Å². The van der Waals surface area contributed by atoms with E-state index < -0.39 is 0 Å². The summed E-state index contributed by atoms with van der Waals surface area (Å²) in [6, 6.07) is 6.48. The second-order valence-electron chi connectivity index (χ2n) is 5.24. The number of piperidine rings is 1. The van der Waals surface area contributed by atoms with E-state index in [1.165, 1.54) is 12.8 Å². The number of phenols is 1. The van der Waals surface area contributed by atoms with Gasteiger partial charge in [0.2, 0.25) is 0 Å². The predicted molar refractivity (Wildman–Crippen MR) is 77.8 cm³/mol. The normalized spacial score (nSPS) is 21.4. The second kappa shape index (κ2) is 6.04. The number of hydrogen-bond donors (Lipinski definition) is 1. The van der Waals surface area contributed by atoms with Crippen molar-refractivity contribution in [2.75, 3.05) is 27.2 Å². The molecule has 0 spiro atoms. The second-order valence-corrected chi connectivity index (χ2v) is 6.10. The number of benzene rings is 1. The van der Waals surface area contributed by atoms with Crippen LogP contribution in [0.1, 0.15) is 18.4 Å². The number of nitrogens with zero attached hydrogens (tertiary/aromatic N) is 2. The third-order valence-corrected chi connectivity index (χ3v) is 4.32. The molecule has 3 nitrogen and oxygen atoms in total. The summed E-state index contributed by atoms with van der Waals surface area (Å²) in [5, 5.41) is 10.0. The monoisotopic (exact) mass is 312 g/mol. The summed E-state index contributed by atoms with van der Waals surface area (Å²) in [4.78, 5) is 4.72. The Hall–Kier alpha value is -0.580. The lowest BCUT2D eigenvalue weighted by molar-refractivity contribution is 0.127. The van der Waals surface area contributed by atoms with E-state index in [2.05, 4.69) is 39.8 Å². The maximum absolute atomic E-state index is 10.0. The Morgan fingerprint density at radius 1 is 1.44 bits per heavy atom. The molecule has 1 aromatic carbocycles. The summed E-state index contributed by atoms with van der Waals surface area (Å²) in [6.07, 6.45) is 2.51. The van der Waals surface area contributed by atoms with E-state index in [0.29, 0.717) is 11.8 Å². The van der Waals surface area contributed by atoms with Gasteiger partial charge < -0.3 is 10.0 Å². The maximum Gasteiger partial charge on any atom is 0.134 e. The molecule has 0 bridgehead atoms. The number of hydrogen-bond acceptors (Lipinski definition) is 3. The molecule has 0 radical (unpaired) electrons. The van der Waals surface area contributed by atoms with E-state index in [-0.39, 0.29) is 0 Å². The first kappa shape index (κ1) is 13.8. The molecular weight excluding hydrogens is 292 g/mol. The molecule has 0 aromatic heterocycles. The SMILES string of the molecule is CN(C)C1CCCN(Cc2cccc(Br)c2O)C1. The Bertz CT molecular complexity index is 409. The van der Waals surface area contributed by atoms with Gasteiger partial charge in [-0.15, -0.1) is 0 Å². The van der Waals surface area contributed by atoms with Gasteiger partial charge >= 0.3 is 0 Å². The van der Waals surface area contributed by atoms with Crippen molar-refractivity contribution in [1.82, 2.24) is 9.80 Å². The molecule has 18 heavy (non-hydrogen) atoms. The highest BCUT2D eigenvalue weighted by Gasteiger charge is 2.22. The number of rotatable bonds is 3. The Kier molecular flexibility index (Phi) is 4.65. The van der Waals surface area contributed by atoms with E-state index in [4.69, 9.17) is 0 Å². The molecule has 0 saturated carbocycles. The van der Waals surface area contributed by atoms with Crippen LogP contribution >= 0.6 is 15.9 Å². The zero-order valence-electron chi connectivity index (χ0n) is 11.1. The van der Waals surface area contributed by atoms with E-state index in [1.54, 1.807) is 0 Å². The smallest absolute Gasteiger partial charge is 0.134 e. The Balaban J connectivity index is 2.03. The molecule has 1 unspecified atom stereocenters. The molecule has 1 aromatic rings. The van der Waals surface area contributed by atoms with Crippen molar-refractivity contribution in [2.45, 2.75) is 25.4 Å². The van der Waals surface area contributed by atoms with Gasteiger partial charge in [0.05, 0.1) is 4.47 Å². The highest BCUT2D eigenvalue weighted by Crippen LogP contribution is 2.29. The summed E-state index contributed by atoms with van der Waals surface area (Å²) in [6.45, 7) is 3.03. The quantitative estimate of drug-likeness (QED) is 0.929. The van der Waals surface area contributed by atoms with E-state index in [1.807, 2.05) is 18.2 Å². The van der Waals surface area contributed by atoms with Gasteiger partial charge in [-0.3, -0.25) is 4.90 Å². The van der Waals surface area contributed by atoms with Crippen molar-refractivity contribution in [2.24, 2.45) is 0 Å². The van der Waals surface area contributed by atoms with Gasteiger partial charge in [0.15, 0.2) is 0 Å². The average Bonchev–Trinajstić information content (AvgIpc) is 2.35. The first-order valence-electron chi connectivity index (χ1n) is 6.43. The molecule has 1 fully saturated rings. The summed E-state index contributed by atoms with van der Waals surface area (Å²) in [5.41, 5.74) is 1.00. The molecule has 0 aliphatic carbocycles. The molecule has 100 valence electrons. The van der Waals surface area contributed by atoms with Gasteiger partial charge in [-0.2, -0.15) is 0 Å². The minimum absolute atomic E-state index is 0.379. The number of likely N-dealkylation sites (tertiary alicyclic amines) is 1. The van der Waals surface area contributed by atoms with Gasteiger partial charge in [0.1, 0.15) is 5.75 Å². The molecule has 1 atom stereocenters. The van der Waals surface area contributed by atoms with E-state index >= 15 is 0 Å². The van der Waals surface area contributed by atoms with E-state index in [9.17, 15) is 5.11 Å². The highest BCUT2D eigenvalue weighted by molar-refractivity contribution is 9.10. The minimum Gasteiger partial charge on any atom is -0.506 e. The van der Waals surface area contributed by atoms with Crippen molar-refractivity contribution in [3.63, 3.8) is 0 Å². The number of para-hydroxylation sites is 1. The molecule has 1 N–H and O–H groups in total. The zero-order valence-corrected chi connectivity index (χ0v) is 12.7. The fourth-order valence-electron chi connectivity index (χ4n) is 2.52. The lowest BCUT2D eigenvalue weighted by Gasteiger charge is -2.36. The number of halogens is 1. The third-order valence-electron chi connectivity index (χ3n) is 3.68. The Morgan fingerprint density at radius 3 is 2.94 bits per heavy atom. The van der Waals surface area contributed by atoms with Crippen molar-refractivity contribution in [3.05, 3.63) is 28.2 Å². The van der Waals surface area contributed by atoms with Crippen LogP contribution in [0.2, 0.25) is 0 Å². The summed E-state index contributed by atoms with van der Waals surface area (Å²) in [5.74, 6) is 0.379. The third kappa shape index (κ3) is 3.25. The molecule has 4 heteroatoms. The Labute approximate surface area is 118 Å². The van der Waals surface area contributed by atoms with Gasteiger partial charge in [-0.25, -0.2) is 0 Å². The van der Waals surface area contributed by atoms with Crippen LogP contribution in [-0.4, -0.2) is 48.1 Å². The zero-order chi connectivity index (χ0) is 13.1. The summed E-state index contributed by atoms with van der Waals surface area (Å²) < 4.78 is 0.779. The van der Waals surface area contributed by atoms with Crippen molar-refractivity contribution in [1.29, 1.82) is 0 Å². The topological polar surface area (TPSA) is 26.7 Å². The van der Waals surface area contributed by atoms with Crippen molar-refractivity contribution < 1.29 is 5.11 Å². The van der Waals surface area contributed by atoms with Crippen LogP contribution in [0, 0.1) is 0 Å². The molecule has 1 aliphatic heterocycles. The molecule has 1 heterocycles. The predicted octanol–water partition coefficient (Wildman–Crippen LogP) is 2.68. The van der Waals surface area contributed by atoms with Gasteiger partial charge in [0, 0.05) is 24.7 Å². The lowest BCUT2D eigenvalue weighted by Crippen LogP contribution is -2.44. The Morgan fingerprint density at radius 2 is 2.22 bits per heavy atom. The molecule has 1 saturated heterocycles. The average molecular weight is 313 g/mol. The fraction of sp³-hybridized carbons (Fsp3) is 0.571. The molecule has 2 rings (SSSR count). The standard InChI is InChI=1S/C14H21BrN2O/c1-16(2)12-6-4-8-17(10-12)9-11-5-3-7-13(15)14(11)18/h3,5,7,12,18H,4,6,8-10H2,1-2H3. The van der Waals surface area contributed by atoms with Crippen LogP contribution in [0.3, 0.4) is 0 Å². The van der Waals surface area contributed by atoms with Crippen LogP contribution in [0.25, 0.3) is 0 Å². The maximum atomic E-state index is 10.0. The van der Waals surface area contributed by atoms with Crippen LogP contribution in [0.15, 0.2) is 22.7 Å². The van der Waals surface area contributed by atoms with Crippen LogP contribution in [0.5, 0.6) is 5.75 Å².